The molecule has 1 saturated heterocycles. The van der Waals surface area contributed by atoms with E-state index in [1.807, 2.05) is 4.90 Å². The van der Waals surface area contributed by atoms with E-state index < -0.39 is 16.0 Å². The van der Waals surface area contributed by atoms with Crippen molar-refractivity contribution in [2.45, 2.75) is 37.0 Å². The van der Waals surface area contributed by atoms with E-state index in [0.29, 0.717) is 5.82 Å². The predicted octanol–water partition coefficient (Wildman–Crippen LogP) is 4.11. The van der Waals surface area contributed by atoms with Gasteiger partial charge in [-0.05, 0) is 43.2 Å². The fraction of sp³-hybridized carbons (Fsp3) is 0.368. The van der Waals surface area contributed by atoms with Crippen molar-refractivity contribution in [2.24, 2.45) is 0 Å². The van der Waals surface area contributed by atoms with Crippen LogP contribution in [0.15, 0.2) is 45.9 Å². The van der Waals surface area contributed by atoms with E-state index in [4.69, 9.17) is 0 Å². The lowest BCUT2D eigenvalue weighted by atomic mass is 10.1. The molecule has 2 N–H and O–H groups in total. The Hall–Kier alpha value is -2.13. The van der Waals surface area contributed by atoms with E-state index >= 15 is 0 Å². The molecule has 1 aromatic carbocycles. The number of carboxylic acid groups (broad SMARTS) is 1. The third-order valence-electron chi connectivity index (χ3n) is 4.63. The van der Waals surface area contributed by atoms with Crippen LogP contribution < -0.4 is 9.62 Å². The van der Waals surface area contributed by atoms with Gasteiger partial charge in [0.25, 0.3) is 10.0 Å². The number of aromatic nitrogens is 1. The Bertz CT molecular complexity index is 940. The quantitative estimate of drug-likeness (QED) is 0.685. The zero-order valence-electron chi connectivity index (χ0n) is 15.3. The normalized spacial score (nSPS) is 15.5. The summed E-state index contributed by atoms with van der Waals surface area (Å²) >= 11 is 3.27. The molecule has 1 aromatic heterocycles. The molecule has 0 aliphatic carbocycles. The number of benzene rings is 1. The first-order chi connectivity index (χ1) is 13.4. The molecule has 1 fully saturated rings. The monoisotopic (exact) mass is 467 g/mol. The molecular formula is C19H22BrN3O4S. The van der Waals surface area contributed by atoms with Crippen LogP contribution >= 0.6 is 15.9 Å². The first kappa shape index (κ1) is 20.6. The molecule has 0 atom stereocenters. The van der Waals surface area contributed by atoms with Crippen LogP contribution in [-0.4, -0.2) is 37.6 Å². The maximum Gasteiger partial charge on any atom is 0.339 e. The number of anilines is 2. The first-order valence-corrected chi connectivity index (χ1v) is 11.4. The summed E-state index contributed by atoms with van der Waals surface area (Å²) in [7, 11) is -3.84. The molecule has 0 radical (unpaired) electrons. The molecule has 9 heteroatoms. The number of carboxylic acids is 1. The van der Waals surface area contributed by atoms with Crippen LogP contribution in [0.3, 0.4) is 0 Å². The third-order valence-corrected chi connectivity index (χ3v) is 6.55. The van der Waals surface area contributed by atoms with Crippen molar-refractivity contribution >= 4 is 43.4 Å². The van der Waals surface area contributed by atoms with Gasteiger partial charge in [-0.3, -0.25) is 4.72 Å². The van der Waals surface area contributed by atoms with Gasteiger partial charge in [-0.1, -0.05) is 35.2 Å². The molecule has 0 saturated carbocycles. The van der Waals surface area contributed by atoms with Gasteiger partial charge in [0.2, 0.25) is 0 Å². The van der Waals surface area contributed by atoms with E-state index in [0.717, 1.165) is 43.2 Å². The van der Waals surface area contributed by atoms with Crippen molar-refractivity contribution in [1.82, 2.24) is 4.98 Å². The average molecular weight is 468 g/mol. The molecule has 0 bridgehead atoms. The lowest BCUT2D eigenvalue weighted by Gasteiger charge is -2.27. The highest BCUT2D eigenvalue weighted by Crippen LogP contribution is 2.25. The van der Waals surface area contributed by atoms with Crippen molar-refractivity contribution in [3.8, 4) is 0 Å². The van der Waals surface area contributed by atoms with Gasteiger partial charge in [0.05, 0.1) is 16.8 Å². The number of hydrogen-bond acceptors (Lipinski definition) is 5. The number of halogens is 1. The minimum atomic E-state index is -3.84. The van der Waals surface area contributed by atoms with Crippen molar-refractivity contribution < 1.29 is 18.3 Å². The van der Waals surface area contributed by atoms with Gasteiger partial charge < -0.3 is 10.0 Å². The molecule has 2 aromatic rings. The highest BCUT2D eigenvalue weighted by Gasteiger charge is 2.21. The highest BCUT2D eigenvalue weighted by molar-refractivity contribution is 9.10. The lowest BCUT2D eigenvalue weighted by Crippen LogP contribution is -2.29. The van der Waals surface area contributed by atoms with Crippen LogP contribution in [0.25, 0.3) is 0 Å². The summed E-state index contributed by atoms with van der Waals surface area (Å²) in [5, 5.41) is 9.64. The second-order valence-corrected chi connectivity index (χ2v) is 9.31. The molecule has 150 valence electrons. The van der Waals surface area contributed by atoms with E-state index in [9.17, 15) is 18.3 Å². The van der Waals surface area contributed by atoms with Crippen molar-refractivity contribution in [1.29, 1.82) is 0 Å². The number of carbonyl (C=O) groups is 1. The SMILES string of the molecule is O=C(O)c1cc(NS(=O)(=O)c2ccc(Br)cc2)cnc1N1CCCCCCC1. The minimum Gasteiger partial charge on any atom is -0.478 e. The van der Waals surface area contributed by atoms with E-state index in [1.165, 1.54) is 30.8 Å². The number of pyridine rings is 1. The zero-order chi connectivity index (χ0) is 20.1. The Morgan fingerprint density at radius 1 is 1.07 bits per heavy atom. The fourth-order valence-corrected chi connectivity index (χ4v) is 4.51. The minimum absolute atomic E-state index is 0.00317. The summed E-state index contributed by atoms with van der Waals surface area (Å²) in [5.74, 6) is -0.741. The lowest BCUT2D eigenvalue weighted by molar-refractivity contribution is 0.0697. The fourth-order valence-electron chi connectivity index (χ4n) is 3.21. The topological polar surface area (TPSA) is 99.6 Å². The molecule has 0 amide bonds. The molecule has 2 heterocycles. The van der Waals surface area contributed by atoms with Crippen LogP contribution in [0, 0.1) is 0 Å². The molecule has 7 nitrogen and oxygen atoms in total. The molecule has 1 aliphatic rings. The molecule has 3 rings (SSSR count). The van der Waals surface area contributed by atoms with Gasteiger partial charge in [-0.2, -0.15) is 0 Å². The number of sulfonamides is 1. The Labute approximate surface area is 173 Å². The van der Waals surface area contributed by atoms with Gasteiger partial charge >= 0.3 is 5.97 Å². The van der Waals surface area contributed by atoms with Gasteiger partial charge in [-0.25, -0.2) is 18.2 Å². The number of aromatic carboxylic acids is 1. The molecule has 0 spiro atoms. The molecule has 28 heavy (non-hydrogen) atoms. The van der Waals surface area contributed by atoms with Crippen molar-refractivity contribution in [3.05, 3.63) is 46.6 Å². The molecule has 0 unspecified atom stereocenters. The molecular weight excluding hydrogens is 446 g/mol. The Morgan fingerprint density at radius 2 is 1.68 bits per heavy atom. The average Bonchev–Trinajstić information content (AvgIpc) is 2.62. The van der Waals surface area contributed by atoms with E-state index in [2.05, 4.69) is 25.6 Å². The second kappa shape index (κ2) is 8.91. The van der Waals surface area contributed by atoms with Gasteiger partial charge in [0, 0.05) is 17.6 Å². The van der Waals surface area contributed by atoms with Crippen LogP contribution in [0.1, 0.15) is 42.5 Å². The summed E-state index contributed by atoms with van der Waals surface area (Å²) in [6.07, 6.45) is 6.77. The maximum absolute atomic E-state index is 12.6. The second-order valence-electron chi connectivity index (χ2n) is 6.71. The zero-order valence-corrected chi connectivity index (χ0v) is 17.7. The van der Waals surface area contributed by atoms with Gasteiger partial charge in [-0.15, -0.1) is 0 Å². The van der Waals surface area contributed by atoms with Crippen LogP contribution in [-0.2, 0) is 10.0 Å². The standard InChI is InChI=1S/C19H22BrN3O4S/c20-14-6-8-16(9-7-14)28(26,27)22-15-12-17(19(24)25)18(21-13-15)23-10-4-2-1-3-5-11-23/h6-9,12-13,22H,1-5,10-11H2,(H,24,25). The smallest absolute Gasteiger partial charge is 0.339 e. The number of hydrogen-bond donors (Lipinski definition) is 2. The summed E-state index contributed by atoms with van der Waals surface area (Å²) in [6, 6.07) is 7.51. The largest absolute Gasteiger partial charge is 0.478 e. The molecule has 1 aliphatic heterocycles. The van der Waals surface area contributed by atoms with E-state index in [1.54, 1.807) is 12.1 Å². The van der Waals surface area contributed by atoms with Crippen LogP contribution in [0.2, 0.25) is 0 Å². The summed E-state index contributed by atoms with van der Waals surface area (Å²) in [4.78, 5) is 18.2. The Morgan fingerprint density at radius 3 is 2.29 bits per heavy atom. The third kappa shape index (κ3) is 5.02. The number of rotatable bonds is 5. The van der Waals surface area contributed by atoms with Gasteiger partial charge in [0.1, 0.15) is 11.4 Å². The summed E-state index contributed by atoms with van der Waals surface area (Å²) in [6.45, 7) is 1.49. The summed E-state index contributed by atoms with van der Waals surface area (Å²) < 4.78 is 28.3. The number of nitrogens with zero attached hydrogens (tertiary/aromatic N) is 2. The van der Waals surface area contributed by atoms with E-state index in [-0.39, 0.29) is 16.1 Å². The van der Waals surface area contributed by atoms with Crippen molar-refractivity contribution in [2.75, 3.05) is 22.7 Å². The van der Waals surface area contributed by atoms with Crippen LogP contribution in [0.5, 0.6) is 0 Å². The van der Waals surface area contributed by atoms with Crippen LogP contribution in [0.4, 0.5) is 11.5 Å². The van der Waals surface area contributed by atoms with Gasteiger partial charge in [0.15, 0.2) is 0 Å². The number of nitrogens with one attached hydrogen (secondary N) is 1. The first-order valence-electron chi connectivity index (χ1n) is 9.13. The van der Waals surface area contributed by atoms with Crippen molar-refractivity contribution in [3.63, 3.8) is 0 Å². The summed E-state index contributed by atoms with van der Waals surface area (Å²) in [5.41, 5.74) is 0.118. The predicted molar refractivity (Wildman–Crippen MR) is 111 cm³/mol. The maximum atomic E-state index is 12.6. The Kier molecular flexibility index (Phi) is 6.56. The highest BCUT2D eigenvalue weighted by atomic mass is 79.9. The Balaban J connectivity index is 1.88.